The molecule has 0 bridgehead atoms. The van der Waals surface area contributed by atoms with Gasteiger partial charge >= 0.3 is 0 Å². The van der Waals surface area contributed by atoms with E-state index in [-0.39, 0.29) is 0 Å². The molecule has 0 aliphatic heterocycles. The molecule has 0 fully saturated rings. The summed E-state index contributed by atoms with van der Waals surface area (Å²) in [5, 5.41) is 0.648. The fraction of sp³-hybridized carbons (Fsp3) is 0.0769. The second-order valence-electron chi connectivity index (χ2n) is 3.69. The fourth-order valence-corrected chi connectivity index (χ4v) is 2.72. The molecule has 4 heteroatoms. The van der Waals surface area contributed by atoms with Crippen molar-refractivity contribution in [3.63, 3.8) is 0 Å². The minimum Gasteiger partial charge on any atom is -0.399 e. The molecule has 2 nitrogen and oxygen atoms in total. The number of hydrogen-bond acceptors (Lipinski definition) is 2. The van der Waals surface area contributed by atoms with E-state index in [1.807, 2.05) is 24.3 Å². The van der Waals surface area contributed by atoms with Crippen LogP contribution in [0.3, 0.4) is 0 Å². The Hall–Kier alpha value is -1.32. The van der Waals surface area contributed by atoms with Crippen LogP contribution in [0, 0.1) is 0 Å². The average molecular weight is 266 g/mol. The van der Waals surface area contributed by atoms with Crippen LogP contribution in [0.1, 0.15) is 5.56 Å². The quantitative estimate of drug-likeness (QED) is 0.866. The molecule has 0 heterocycles. The molecule has 1 atom stereocenters. The Balaban J connectivity index is 2.14. The maximum Gasteiger partial charge on any atom is 0.0574 e. The van der Waals surface area contributed by atoms with Gasteiger partial charge in [0, 0.05) is 15.6 Å². The second kappa shape index (κ2) is 5.34. The molecule has 0 aliphatic rings. The number of halogens is 1. The van der Waals surface area contributed by atoms with Gasteiger partial charge in [-0.05, 0) is 42.0 Å². The number of hydrogen-bond donors (Lipinski definition) is 1. The lowest BCUT2D eigenvalue weighted by Crippen LogP contribution is -1.97. The predicted octanol–water partition coefficient (Wildman–Crippen LogP) is 3.23. The first-order valence-electron chi connectivity index (χ1n) is 5.13. The third-order valence-electron chi connectivity index (χ3n) is 2.33. The molecule has 2 N–H and O–H groups in total. The van der Waals surface area contributed by atoms with Crippen LogP contribution < -0.4 is 5.73 Å². The first-order chi connectivity index (χ1) is 8.15. The summed E-state index contributed by atoms with van der Waals surface area (Å²) in [5.74, 6) is 0.465. The van der Waals surface area contributed by atoms with Crippen LogP contribution in [0.2, 0.25) is 5.02 Å². The lowest BCUT2D eigenvalue weighted by molar-refractivity contribution is 0.682. The number of rotatable bonds is 3. The van der Waals surface area contributed by atoms with Crippen LogP contribution in [0.15, 0.2) is 53.4 Å². The van der Waals surface area contributed by atoms with Gasteiger partial charge in [-0.3, -0.25) is 4.21 Å². The molecule has 0 saturated heterocycles. The van der Waals surface area contributed by atoms with Crippen molar-refractivity contribution >= 4 is 28.1 Å². The molecule has 2 rings (SSSR count). The molecule has 0 aliphatic carbocycles. The maximum absolute atomic E-state index is 12.1. The summed E-state index contributed by atoms with van der Waals surface area (Å²) >= 11 is 5.78. The van der Waals surface area contributed by atoms with Gasteiger partial charge in [-0.1, -0.05) is 23.7 Å². The summed E-state index contributed by atoms with van der Waals surface area (Å²) in [6.07, 6.45) is 0. The molecule has 2 aromatic rings. The third-order valence-corrected chi connectivity index (χ3v) is 3.97. The summed E-state index contributed by atoms with van der Waals surface area (Å²) in [6, 6.07) is 14.5. The zero-order valence-corrected chi connectivity index (χ0v) is 10.7. The molecule has 88 valence electrons. The minimum absolute atomic E-state index is 0.465. The van der Waals surface area contributed by atoms with Crippen molar-refractivity contribution in [1.82, 2.24) is 0 Å². The SMILES string of the molecule is Nc1cccc(CS(=O)c2ccc(Cl)cc2)c1. The molecular formula is C13H12ClNOS. The zero-order chi connectivity index (χ0) is 12.3. The van der Waals surface area contributed by atoms with E-state index in [9.17, 15) is 4.21 Å². The Morgan fingerprint density at radius 2 is 1.82 bits per heavy atom. The number of anilines is 1. The van der Waals surface area contributed by atoms with Gasteiger partial charge in [0.25, 0.3) is 0 Å². The van der Waals surface area contributed by atoms with Gasteiger partial charge in [0.1, 0.15) is 0 Å². The van der Waals surface area contributed by atoms with Gasteiger partial charge in [-0.15, -0.1) is 0 Å². The molecule has 0 amide bonds. The standard InChI is InChI=1S/C13H12ClNOS/c14-11-4-6-13(7-5-11)17(16)9-10-2-1-3-12(15)8-10/h1-8H,9,15H2. The first kappa shape index (κ1) is 12.1. The van der Waals surface area contributed by atoms with Gasteiger partial charge in [-0.2, -0.15) is 0 Å². The van der Waals surface area contributed by atoms with Gasteiger partial charge < -0.3 is 5.73 Å². The summed E-state index contributed by atoms with van der Waals surface area (Å²) in [5.41, 5.74) is 7.34. The van der Waals surface area contributed by atoms with E-state index in [4.69, 9.17) is 17.3 Å². The van der Waals surface area contributed by atoms with Crippen molar-refractivity contribution in [3.8, 4) is 0 Å². The van der Waals surface area contributed by atoms with Gasteiger partial charge in [0.15, 0.2) is 0 Å². The van der Waals surface area contributed by atoms with Gasteiger partial charge in [0.2, 0.25) is 0 Å². The van der Waals surface area contributed by atoms with E-state index >= 15 is 0 Å². The Morgan fingerprint density at radius 1 is 1.12 bits per heavy atom. The molecule has 0 radical (unpaired) electrons. The van der Waals surface area contributed by atoms with Crippen molar-refractivity contribution in [2.24, 2.45) is 0 Å². The van der Waals surface area contributed by atoms with Crippen molar-refractivity contribution in [2.45, 2.75) is 10.6 Å². The van der Waals surface area contributed by atoms with Crippen LogP contribution in [0.5, 0.6) is 0 Å². The molecule has 0 aromatic heterocycles. The highest BCUT2D eigenvalue weighted by Gasteiger charge is 2.05. The van der Waals surface area contributed by atoms with Crippen LogP contribution in [-0.2, 0) is 16.6 Å². The van der Waals surface area contributed by atoms with Crippen LogP contribution in [0.4, 0.5) is 5.69 Å². The normalized spacial score (nSPS) is 12.3. The Morgan fingerprint density at radius 3 is 2.47 bits per heavy atom. The topological polar surface area (TPSA) is 43.1 Å². The highest BCUT2D eigenvalue weighted by atomic mass is 35.5. The summed E-state index contributed by atoms with van der Waals surface area (Å²) in [6.45, 7) is 0. The molecule has 1 unspecified atom stereocenters. The van der Waals surface area contributed by atoms with E-state index in [1.165, 1.54) is 0 Å². The largest absolute Gasteiger partial charge is 0.399 e. The average Bonchev–Trinajstić information content (AvgIpc) is 2.29. The van der Waals surface area contributed by atoms with E-state index < -0.39 is 10.8 Å². The summed E-state index contributed by atoms with van der Waals surface area (Å²) in [7, 11) is -1.07. The van der Waals surface area contributed by atoms with Crippen LogP contribution in [-0.4, -0.2) is 4.21 Å². The Labute approximate surface area is 108 Å². The number of nitrogen functional groups attached to an aromatic ring is 1. The van der Waals surface area contributed by atoms with Crippen LogP contribution in [0.25, 0.3) is 0 Å². The maximum atomic E-state index is 12.1. The van der Waals surface area contributed by atoms with E-state index in [0.717, 1.165) is 10.5 Å². The second-order valence-corrected chi connectivity index (χ2v) is 5.58. The smallest absolute Gasteiger partial charge is 0.0574 e. The monoisotopic (exact) mass is 265 g/mol. The summed E-state index contributed by atoms with van der Waals surface area (Å²) in [4.78, 5) is 0.775. The minimum atomic E-state index is -1.07. The van der Waals surface area contributed by atoms with Crippen molar-refractivity contribution in [1.29, 1.82) is 0 Å². The van der Waals surface area contributed by atoms with Crippen molar-refractivity contribution in [3.05, 3.63) is 59.1 Å². The lowest BCUT2D eigenvalue weighted by atomic mass is 10.2. The third kappa shape index (κ3) is 3.32. The molecule has 0 spiro atoms. The molecule has 2 aromatic carbocycles. The number of nitrogens with two attached hydrogens (primary N) is 1. The van der Waals surface area contributed by atoms with E-state index in [2.05, 4.69) is 0 Å². The molecule has 17 heavy (non-hydrogen) atoms. The van der Waals surface area contributed by atoms with Gasteiger partial charge in [0.05, 0.1) is 16.6 Å². The van der Waals surface area contributed by atoms with Crippen molar-refractivity contribution in [2.75, 3.05) is 5.73 Å². The van der Waals surface area contributed by atoms with Gasteiger partial charge in [-0.25, -0.2) is 0 Å². The Kier molecular flexibility index (Phi) is 3.82. The first-order valence-corrected chi connectivity index (χ1v) is 6.83. The lowest BCUT2D eigenvalue weighted by Gasteiger charge is -2.03. The fourth-order valence-electron chi connectivity index (χ4n) is 1.50. The highest BCUT2D eigenvalue weighted by molar-refractivity contribution is 7.84. The zero-order valence-electron chi connectivity index (χ0n) is 9.10. The van der Waals surface area contributed by atoms with Crippen LogP contribution >= 0.6 is 11.6 Å². The summed E-state index contributed by atoms with van der Waals surface area (Å²) < 4.78 is 12.1. The Bertz CT molecular complexity index is 539. The molecular weight excluding hydrogens is 254 g/mol. The van der Waals surface area contributed by atoms with E-state index in [0.29, 0.717) is 16.5 Å². The number of benzene rings is 2. The highest BCUT2D eigenvalue weighted by Crippen LogP contribution is 2.16. The predicted molar refractivity (Wildman–Crippen MR) is 72.4 cm³/mol. The van der Waals surface area contributed by atoms with E-state index in [1.54, 1.807) is 24.3 Å². The van der Waals surface area contributed by atoms with Crippen molar-refractivity contribution < 1.29 is 4.21 Å². The molecule has 0 saturated carbocycles.